The predicted octanol–water partition coefficient (Wildman–Crippen LogP) is 2.66. The Morgan fingerprint density at radius 1 is 1.36 bits per heavy atom. The zero-order chi connectivity index (χ0) is 17.4. The summed E-state index contributed by atoms with van der Waals surface area (Å²) in [5, 5.41) is 11.6. The molecule has 4 rings (SSSR count). The molecular formula is C18H17FN2O3S. The van der Waals surface area contributed by atoms with Gasteiger partial charge in [0.05, 0.1) is 31.0 Å². The largest absolute Gasteiger partial charge is 0.396 e. The van der Waals surface area contributed by atoms with E-state index in [-0.39, 0.29) is 30.0 Å². The summed E-state index contributed by atoms with van der Waals surface area (Å²) in [5.41, 5.74) is 1.44. The van der Waals surface area contributed by atoms with Gasteiger partial charge < -0.3 is 9.84 Å². The SMILES string of the molecule is O=c1c2c(-c3ccc(F)cc3)csc2ncn1CC1CC(CO)CO1. The summed E-state index contributed by atoms with van der Waals surface area (Å²) in [6.07, 6.45) is 2.18. The van der Waals surface area contributed by atoms with Crippen LogP contribution >= 0.6 is 11.3 Å². The van der Waals surface area contributed by atoms with Crippen LogP contribution in [0.4, 0.5) is 4.39 Å². The van der Waals surface area contributed by atoms with Crippen LogP contribution in [-0.2, 0) is 11.3 Å². The average molecular weight is 360 g/mol. The number of nitrogens with zero attached hydrogens (tertiary/aromatic N) is 2. The number of fused-ring (bicyclic) bond motifs is 1. The third kappa shape index (κ3) is 3.10. The molecule has 1 N–H and O–H groups in total. The Morgan fingerprint density at radius 2 is 2.16 bits per heavy atom. The van der Waals surface area contributed by atoms with Crippen molar-refractivity contribution in [3.8, 4) is 11.1 Å². The maximum atomic E-state index is 13.2. The summed E-state index contributed by atoms with van der Waals surface area (Å²) in [7, 11) is 0. The van der Waals surface area contributed by atoms with E-state index in [4.69, 9.17) is 4.74 Å². The predicted molar refractivity (Wildman–Crippen MR) is 94.2 cm³/mol. The summed E-state index contributed by atoms with van der Waals surface area (Å²) in [5.74, 6) is -0.177. The first kappa shape index (κ1) is 16.4. The fourth-order valence-electron chi connectivity index (χ4n) is 3.19. The van der Waals surface area contributed by atoms with E-state index < -0.39 is 0 Å². The molecule has 5 nitrogen and oxygen atoms in total. The van der Waals surface area contributed by atoms with E-state index in [0.717, 1.165) is 17.5 Å². The highest BCUT2D eigenvalue weighted by atomic mass is 32.1. The quantitative estimate of drug-likeness (QED) is 0.777. The minimum atomic E-state index is -0.310. The lowest BCUT2D eigenvalue weighted by molar-refractivity contribution is 0.0885. The second-order valence-corrected chi connectivity index (χ2v) is 7.14. The molecule has 3 heterocycles. The van der Waals surface area contributed by atoms with Crippen molar-refractivity contribution in [1.82, 2.24) is 9.55 Å². The van der Waals surface area contributed by atoms with Crippen LogP contribution in [0.15, 0.2) is 40.8 Å². The van der Waals surface area contributed by atoms with Crippen LogP contribution in [-0.4, -0.2) is 34.0 Å². The fourth-order valence-corrected chi connectivity index (χ4v) is 4.10. The van der Waals surface area contributed by atoms with Gasteiger partial charge in [0.2, 0.25) is 0 Å². The third-order valence-corrected chi connectivity index (χ3v) is 5.42. The Balaban J connectivity index is 1.71. The van der Waals surface area contributed by atoms with Crippen LogP contribution in [0.2, 0.25) is 0 Å². The van der Waals surface area contributed by atoms with Gasteiger partial charge in [0.25, 0.3) is 5.56 Å². The number of aliphatic hydroxyl groups is 1. The number of hydrogen-bond donors (Lipinski definition) is 1. The topological polar surface area (TPSA) is 64.4 Å². The highest BCUT2D eigenvalue weighted by Crippen LogP contribution is 2.30. The zero-order valence-electron chi connectivity index (χ0n) is 13.4. The molecule has 2 unspecified atom stereocenters. The Labute approximate surface area is 147 Å². The van der Waals surface area contributed by atoms with Crippen LogP contribution in [0.3, 0.4) is 0 Å². The van der Waals surface area contributed by atoms with Gasteiger partial charge in [-0.15, -0.1) is 11.3 Å². The third-order valence-electron chi connectivity index (χ3n) is 4.54. The van der Waals surface area contributed by atoms with E-state index in [9.17, 15) is 14.3 Å². The first-order valence-electron chi connectivity index (χ1n) is 8.10. The Hall–Kier alpha value is -2.09. The van der Waals surface area contributed by atoms with Crippen LogP contribution in [0.25, 0.3) is 21.3 Å². The van der Waals surface area contributed by atoms with Crippen LogP contribution in [0.1, 0.15) is 6.42 Å². The number of halogens is 1. The number of benzene rings is 1. The van der Waals surface area contributed by atoms with Crippen molar-refractivity contribution in [2.45, 2.75) is 19.1 Å². The lowest BCUT2D eigenvalue weighted by Crippen LogP contribution is -2.26. The summed E-state index contributed by atoms with van der Waals surface area (Å²) < 4.78 is 20.4. The van der Waals surface area contributed by atoms with E-state index in [2.05, 4.69) is 4.98 Å². The minimum absolute atomic E-state index is 0.0954. The van der Waals surface area contributed by atoms with Gasteiger partial charge in [0.15, 0.2) is 0 Å². The van der Waals surface area contributed by atoms with Crippen molar-refractivity contribution in [2.75, 3.05) is 13.2 Å². The number of ether oxygens (including phenoxy) is 1. The highest BCUT2D eigenvalue weighted by molar-refractivity contribution is 7.17. The molecule has 3 aromatic rings. The van der Waals surface area contributed by atoms with Gasteiger partial charge in [-0.2, -0.15) is 0 Å². The van der Waals surface area contributed by atoms with Gasteiger partial charge in [-0.25, -0.2) is 9.37 Å². The molecule has 1 aliphatic heterocycles. The Bertz CT molecular complexity index is 951. The molecule has 130 valence electrons. The summed E-state index contributed by atoms with van der Waals surface area (Å²) in [4.78, 5) is 18.0. The molecule has 0 saturated carbocycles. The first-order valence-corrected chi connectivity index (χ1v) is 8.98. The maximum absolute atomic E-state index is 13.2. The summed E-state index contributed by atoms with van der Waals surface area (Å²) in [6, 6.07) is 6.10. The normalized spacial score (nSPS) is 20.4. The molecule has 2 aromatic heterocycles. The highest BCUT2D eigenvalue weighted by Gasteiger charge is 2.26. The summed E-state index contributed by atoms with van der Waals surface area (Å²) in [6.45, 7) is 1.03. The van der Waals surface area contributed by atoms with Crippen molar-refractivity contribution in [3.05, 3.63) is 52.1 Å². The number of hydrogen-bond acceptors (Lipinski definition) is 5. The van der Waals surface area contributed by atoms with Gasteiger partial charge in [0, 0.05) is 23.5 Å². The lowest BCUT2D eigenvalue weighted by Gasteiger charge is -2.11. The Kier molecular flexibility index (Phi) is 4.37. The molecule has 7 heteroatoms. The molecule has 1 fully saturated rings. The average Bonchev–Trinajstić information content (AvgIpc) is 3.25. The zero-order valence-corrected chi connectivity index (χ0v) is 14.2. The van der Waals surface area contributed by atoms with Crippen molar-refractivity contribution in [2.24, 2.45) is 5.92 Å². The molecule has 2 atom stereocenters. The standard InChI is InChI=1S/C18H17FN2O3S/c19-13-3-1-12(2-4-13)15-9-25-17-16(15)18(23)21(10-20-17)6-14-5-11(7-22)8-24-14/h1-4,9-11,14,22H,5-8H2. The van der Waals surface area contributed by atoms with Crippen LogP contribution in [0.5, 0.6) is 0 Å². The van der Waals surface area contributed by atoms with Crippen molar-refractivity contribution < 1.29 is 14.2 Å². The van der Waals surface area contributed by atoms with Crippen LogP contribution < -0.4 is 5.56 Å². The first-order chi connectivity index (χ1) is 12.2. The van der Waals surface area contributed by atoms with Gasteiger partial charge in [-0.1, -0.05) is 12.1 Å². The summed E-state index contributed by atoms with van der Waals surface area (Å²) >= 11 is 1.40. The van der Waals surface area contributed by atoms with Gasteiger partial charge >= 0.3 is 0 Å². The van der Waals surface area contributed by atoms with Crippen LogP contribution in [0, 0.1) is 11.7 Å². The molecule has 1 saturated heterocycles. The molecule has 1 aliphatic rings. The number of aliphatic hydroxyl groups excluding tert-OH is 1. The molecule has 0 bridgehead atoms. The molecule has 0 radical (unpaired) electrons. The Morgan fingerprint density at radius 3 is 2.88 bits per heavy atom. The molecule has 0 amide bonds. The smallest absolute Gasteiger partial charge is 0.262 e. The molecule has 0 aliphatic carbocycles. The molecule has 1 aromatic carbocycles. The minimum Gasteiger partial charge on any atom is -0.396 e. The lowest BCUT2D eigenvalue weighted by atomic mass is 10.1. The van der Waals surface area contributed by atoms with E-state index in [1.807, 2.05) is 5.38 Å². The van der Waals surface area contributed by atoms with E-state index >= 15 is 0 Å². The number of thiophene rings is 1. The monoisotopic (exact) mass is 360 g/mol. The number of aromatic nitrogens is 2. The molecule has 0 spiro atoms. The molecule has 25 heavy (non-hydrogen) atoms. The van der Waals surface area contributed by atoms with Gasteiger partial charge in [0.1, 0.15) is 10.6 Å². The van der Waals surface area contributed by atoms with E-state index in [0.29, 0.717) is 23.4 Å². The van der Waals surface area contributed by atoms with E-state index in [1.165, 1.54) is 23.5 Å². The second-order valence-electron chi connectivity index (χ2n) is 6.28. The van der Waals surface area contributed by atoms with Crippen molar-refractivity contribution in [1.29, 1.82) is 0 Å². The second kappa shape index (κ2) is 6.67. The van der Waals surface area contributed by atoms with Crippen molar-refractivity contribution in [3.63, 3.8) is 0 Å². The van der Waals surface area contributed by atoms with Crippen molar-refractivity contribution >= 4 is 21.6 Å². The molecular weight excluding hydrogens is 343 g/mol. The van der Waals surface area contributed by atoms with Gasteiger partial charge in [-0.05, 0) is 24.1 Å². The van der Waals surface area contributed by atoms with E-state index in [1.54, 1.807) is 23.0 Å². The number of rotatable bonds is 4. The maximum Gasteiger partial charge on any atom is 0.262 e. The van der Waals surface area contributed by atoms with Gasteiger partial charge in [-0.3, -0.25) is 9.36 Å². The fraction of sp³-hybridized carbons (Fsp3) is 0.333.